The average Bonchev–Trinajstić information content (AvgIpc) is 2.98. The van der Waals surface area contributed by atoms with Gasteiger partial charge in [0.25, 0.3) is 0 Å². The lowest BCUT2D eigenvalue weighted by atomic mass is 10.1. The lowest BCUT2D eigenvalue weighted by Crippen LogP contribution is -2.43. The van der Waals surface area contributed by atoms with Crippen molar-refractivity contribution in [2.75, 3.05) is 16.8 Å². The van der Waals surface area contributed by atoms with E-state index in [1.54, 1.807) is 24.0 Å². The van der Waals surface area contributed by atoms with Gasteiger partial charge in [-0.2, -0.15) is 0 Å². The number of halogens is 1. The molecule has 1 atom stereocenters. The van der Waals surface area contributed by atoms with E-state index >= 15 is 0 Å². The summed E-state index contributed by atoms with van der Waals surface area (Å²) in [6, 6.07) is 11.2. The fourth-order valence-corrected chi connectivity index (χ4v) is 3.02. The highest BCUT2D eigenvalue weighted by molar-refractivity contribution is 6.02. The van der Waals surface area contributed by atoms with Crippen molar-refractivity contribution in [1.29, 1.82) is 0 Å². The number of carbonyl (C=O) groups is 2. The molecule has 0 bridgehead atoms. The van der Waals surface area contributed by atoms with Gasteiger partial charge in [-0.3, -0.25) is 4.79 Å². The molecule has 1 heterocycles. The number of rotatable bonds is 4. The average molecular weight is 355 g/mol. The van der Waals surface area contributed by atoms with Gasteiger partial charge in [-0.05, 0) is 61.2 Å². The Morgan fingerprint density at radius 2 is 1.96 bits per heavy atom. The van der Waals surface area contributed by atoms with E-state index in [0.29, 0.717) is 29.9 Å². The minimum atomic E-state index is -0.588. The third kappa shape index (κ3) is 3.85. The normalized spacial score (nSPS) is 16.7. The Bertz CT molecular complexity index is 820. The second-order valence-electron chi connectivity index (χ2n) is 6.41. The van der Waals surface area contributed by atoms with E-state index in [2.05, 4.69) is 17.6 Å². The fourth-order valence-electron chi connectivity index (χ4n) is 3.02. The van der Waals surface area contributed by atoms with Gasteiger partial charge in [0.05, 0.1) is 0 Å². The lowest BCUT2D eigenvalue weighted by molar-refractivity contribution is -0.118. The Labute approximate surface area is 152 Å². The number of nitrogens with one attached hydrogen (secondary N) is 2. The monoisotopic (exact) mass is 355 g/mol. The number of benzene rings is 2. The number of aryl methyl sites for hydroxylation is 2. The second-order valence-corrected chi connectivity index (χ2v) is 6.41. The third-order valence-electron chi connectivity index (χ3n) is 4.58. The van der Waals surface area contributed by atoms with Crippen LogP contribution in [0.3, 0.4) is 0 Å². The van der Waals surface area contributed by atoms with E-state index in [-0.39, 0.29) is 11.7 Å². The van der Waals surface area contributed by atoms with Crippen LogP contribution in [0.4, 0.5) is 20.6 Å². The predicted octanol–water partition coefficient (Wildman–Crippen LogP) is 3.62. The molecular weight excluding hydrogens is 333 g/mol. The molecule has 2 aromatic carbocycles. The van der Waals surface area contributed by atoms with Crippen molar-refractivity contribution < 1.29 is 14.0 Å². The van der Waals surface area contributed by atoms with Crippen LogP contribution in [-0.2, 0) is 11.2 Å². The standard InChI is InChI=1S/C20H22FN3O2/c1-3-14-4-6-15(7-5-14)22-20(26)23-18-10-11-24(19(18)25)16-8-9-17(21)13(2)12-16/h4-9,12,18H,3,10-11H2,1-2H3,(H2,22,23,26). The quantitative estimate of drug-likeness (QED) is 0.880. The van der Waals surface area contributed by atoms with Crippen molar-refractivity contribution in [3.05, 3.63) is 59.4 Å². The van der Waals surface area contributed by atoms with Crippen molar-refractivity contribution >= 4 is 23.3 Å². The van der Waals surface area contributed by atoms with E-state index in [4.69, 9.17) is 0 Å². The maximum absolute atomic E-state index is 13.4. The van der Waals surface area contributed by atoms with Gasteiger partial charge in [0, 0.05) is 17.9 Å². The first-order valence-electron chi connectivity index (χ1n) is 8.72. The van der Waals surface area contributed by atoms with Crippen LogP contribution < -0.4 is 15.5 Å². The van der Waals surface area contributed by atoms with Gasteiger partial charge in [0.2, 0.25) is 5.91 Å². The van der Waals surface area contributed by atoms with Crippen molar-refractivity contribution in [2.45, 2.75) is 32.7 Å². The topological polar surface area (TPSA) is 61.4 Å². The van der Waals surface area contributed by atoms with Crippen LogP contribution in [0.1, 0.15) is 24.5 Å². The lowest BCUT2D eigenvalue weighted by Gasteiger charge is -2.18. The summed E-state index contributed by atoms with van der Waals surface area (Å²) >= 11 is 0. The molecule has 5 nitrogen and oxygen atoms in total. The van der Waals surface area contributed by atoms with Crippen LogP contribution in [0, 0.1) is 12.7 Å². The van der Waals surface area contributed by atoms with Gasteiger partial charge in [-0.25, -0.2) is 9.18 Å². The molecule has 2 aromatic rings. The molecule has 0 aromatic heterocycles. The first-order chi connectivity index (χ1) is 12.5. The Hall–Kier alpha value is -2.89. The smallest absolute Gasteiger partial charge is 0.319 e. The maximum Gasteiger partial charge on any atom is 0.319 e. The fraction of sp³-hybridized carbons (Fsp3) is 0.300. The van der Waals surface area contributed by atoms with Crippen molar-refractivity contribution in [1.82, 2.24) is 5.32 Å². The molecule has 3 rings (SSSR count). The van der Waals surface area contributed by atoms with Crippen LogP contribution in [0.15, 0.2) is 42.5 Å². The molecule has 0 spiro atoms. The number of urea groups is 1. The number of hydrogen-bond donors (Lipinski definition) is 2. The summed E-state index contributed by atoms with van der Waals surface area (Å²) in [5, 5.41) is 5.46. The van der Waals surface area contributed by atoms with Crippen LogP contribution in [0.5, 0.6) is 0 Å². The van der Waals surface area contributed by atoms with Gasteiger partial charge in [0.15, 0.2) is 0 Å². The molecule has 0 radical (unpaired) electrons. The molecule has 6 heteroatoms. The van der Waals surface area contributed by atoms with E-state index < -0.39 is 12.1 Å². The molecular formula is C20H22FN3O2. The number of hydrogen-bond acceptors (Lipinski definition) is 2. The number of anilines is 2. The molecule has 1 saturated heterocycles. The highest BCUT2D eigenvalue weighted by Gasteiger charge is 2.33. The highest BCUT2D eigenvalue weighted by atomic mass is 19.1. The molecule has 1 aliphatic heterocycles. The van der Waals surface area contributed by atoms with Crippen LogP contribution in [0.2, 0.25) is 0 Å². The first-order valence-corrected chi connectivity index (χ1v) is 8.72. The zero-order valence-corrected chi connectivity index (χ0v) is 14.9. The Morgan fingerprint density at radius 1 is 1.23 bits per heavy atom. The van der Waals surface area contributed by atoms with Crippen molar-refractivity contribution in [3.8, 4) is 0 Å². The summed E-state index contributed by atoms with van der Waals surface area (Å²) < 4.78 is 13.4. The van der Waals surface area contributed by atoms with Gasteiger partial charge in [0.1, 0.15) is 11.9 Å². The van der Waals surface area contributed by atoms with Gasteiger partial charge >= 0.3 is 6.03 Å². The molecule has 1 unspecified atom stereocenters. The summed E-state index contributed by atoms with van der Waals surface area (Å²) in [6.07, 6.45) is 1.44. The second kappa shape index (κ2) is 7.56. The molecule has 3 amide bonds. The molecule has 2 N–H and O–H groups in total. The largest absolute Gasteiger partial charge is 0.326 e. The van der Waals surface area contributed by atoms with Crippen molar-refractivity contribution in [3.63, 3.8) is 0 Å². The van der Waals surface area contributed by atoms with Crippen LogP contribution >= 0.6 is 0 Å². The Morgan fingerprint density at radius 3 is 2.62 bits per heavy atom. The zero-order valence-electron chi connectivity index (χ0n) is 14.9. The molecule has 0 saturated carbocycles. The Kier molecular flexibility index (Phi) is 5.21. The zero-order chi connectivity index (χ0) is 18.7. The molecule has 26 heavy (non-hydrogen) atoms. The minimum absolute atomic E-state index is 0.188. The minimum Gasteiger partial charge on any atom is -0.326 e. The van der Waals surface area contributed by atoms with Gasteiger partial charge in [-0.1, -0.05) is 19.1 Å². The molecule has 1 aliphatic rings. The van der Waals surface area contributed by atoms with Crippen molar-refractivity contribution in [2.24, 2.45) is 0 Å². The van der Waals surface area contributed by atoms with Crippen LogP contribution in [0.25, 0.3) is 0 Å². The molecule has 136 valence electrons. The summed E-state index contributed by atoms with van der Waals surface area (Å²) in [6.45, 7) is 4.21. The SMILES string of the molecule is CCc1ccc(NC(=O)NC2CCN(c3ccc(F)c(C)c3)C2=O)cc1. The van der Waals surface area contributed by atoms with E-state index in [1.165, 1.54) is 11.6 Å². The predicted molar refractivity (Wildman–Crippen MR) is 99.9 cm³/mol. The maximum atomic E-state index is 13.4. The Balaban J connectivity index is 1.60. The van der Waals surface area contributed by atoms with Gasteiger partial charge in [-0.15, -0.1) is 0 Å². The molecule has 1 fully saturated rings. The number of nitrogens with zero attached hydrogens (tertiary/aromatic N) is 1. The summed E-state index contributed by atoms with van der Waals surface area (Å²) in [4.78, 5) is 26.3. The highest BCUT2D eigenvalue weighted by Crippen LogP contribution is 2.24. The van der Waals surface area contributed by atoms with Gasteiger partial charge < -0.3 is 15.5 Å². The number of carbonyl (C=O) groups excluding carboxylic acids is 2. The van der Waals surface area contributed by atoms with Crippen LogP contribution in [-0.4, -0.2) is 24.5 Å². The van der Waals surface area contributed by atoms with E-state index in [0.717, 1.165) is 6.42 Å². The number of amides is 3. The third-order valence-corrected chi connectivity index (χ3v) is 4.58. The first kappa shape index (κ1) is 17.9. The molecule has 0 aliphatic carbocycles. The summed E-state index contributed by atoms with van der Waals surface area (Å²) in [7, 11) is 0. The van der Waals surface area contributed by atoms with E-state index in [9.17, 15) is 14.0 Å². The summed E-state index contributed by atoms with van der Waals surface area (Å²) in [5.41, 5.74) is 3.00. The summed E-state index contributed by atoms with van der Waals surface area (Å²) in [5.74, 6) is -0.490. The van der Waals surface area contributed by atoms with E-state index in [1.807, 2.05) is 24.3 Å².